The van der Waals surface area contributed by atoms with Crippen molar-refractivity contribution in [3.63, 3.8) is 0 Å². The summed E-state index contributed by atoms with van der Waals surface area (Å²) in [5.41, 5.74) is 0. The first kappa shape index (κ1) is 13.3. The SMILES string of the molecule is OCCN(CCCN1CCCC1)C1CCCC1. The lowest BCUT2D eigenvalue weighted by atomic mass is 10.2. The third-order valence-electron chi connectivity index (χ3n) is 4.35. The average molecular weight is 240 g/mol. The van der Waals surface area contributed by atoms with Gasteiger partial charge in [-0.05, 0) is 58.3 Å². The molecule has 0 spiro atoms. The topological polar surface area (TPSA) is 26.7 Å². The van der Waals surface area contributed by atoms with Crippen LogP contribution in [-0.4, -0.2) is 60.3 Å². The van der Waals surface area contributed by atoms with Gasteiger partial charge >= 0.3 is 0 Å². The highest BCUT2D eigenvalue weighted by Crippen LogP contribution is 2.23. The molecule has 0 amide bonds. The molecule has 2 aliphatic rings. The van der Waals surface area contributed by atoms with Crippen molar-refractivity contribution in [1.29, 1.82) is 0 Å². The summed E-state index contributed by atoms with van der Waals surface area (Å²) in [4.78, 5) is 5.12. The zero-order valence-corrected chi connectivity index (χ0v) is 11.1. The fourth-order valence-corrected chi connectivity index (χ4v) is 3.38. The Morgan fingerprint density at radius 1 is 1.00 bits per heavy atom. The molecule has 0 unspecified atom stereocenters. The first-order valence-corrected chi connectivity index (χ1v) is 7.47. The molecule has 1 N–H and O–H groups in total. The van der Waals surface area contributed by atoms with Gasteiger partial charge in [0.1, 0.15) is 0 Å². The molecule has 2 fully saturated rings. The van der Waals surface area contributed by atoms with Crippen LogP contribution in [0.25, 0.3) is 0 Å². The summed E-state index contributed by atoms with van der Waals surface area (Å²) < 4.78 is 0. The Hall–Kier alpha value is -0.120. The van der Waals surface area contributed by atoms with Gasteiger partial charge in [0.2, 0.25) is 0 Å². The van der Waals surface area contributed by atoms with Crippen LogP contribution in [0.2, 0.25) is 0 Å². The van der Waals surface area contributed by atoms with E-state index in [1.54, 1.807) is 0 Å². The number of aliphatic hydroxyl groups excluding tert-OH is 1. The molecule has 3 heteroatoms. The fraction of sp³-hybridized carbons (Fsp3) is 1.00. The summed E-state index contributed by atoms with van der Waals surface area (Å²) in [6.45, 7) is 6.26. The van der Waals surface area contributed by atoms with Crippen LogP contribution < -0.4 is 0 Å². The predicted octanol–water partition coefficient (Wildman–Crippen LogP) is 1.71. The predicted molar refractivity (Wildman–Crippen MR) is 71.2 cm³/mol. The first-order valence-electron chi connectivity index (χ1n) is 7.47. The Morgan fingerprint density at radius 2 is 1.71 bits per heavy atom. The third kappa shape index (κ3) is 4.23. The largest absolute Gasteiger partial charge is 0.395 e. The average Bonchev–Trinajstić information content (AvgIpc) is 3.01. The molecule has 1 saturated heterocycles. The van der Waals surface area contributed by atoms with Crippen molar-refractivity contribution in [2.75, 3.05) is 39.3 Å². The lowest BCUT2D eigenvalue weighted by Crippen LogP contribution is -2.37. The maximum atomic E-state index is 9.16. The zero-order valence-electron chi connectivity index (χ0n) is 11.1. The Morgan fingerprint density at radius 3 is 2.35 bits per heavy atom. The summed E-state index contributed by atoms with van der Waals surface area (Å²) in [7, 11) is 0. The molecule has 0 aromatic carbocycles. The molecular weight excluding hydrogens is 212 g/mol. The standard InChI is InChI=1S/C14H28N2O/c17-13-12-16(14-6-1-2-7-14)11-5-10-15-8-3-4-9-15/h14,17H,1-13H2. The van der Waals surface area contributed by atoms with E-state index in [9.17, 15) is 0 Å². The number of likely N-dealkylation sites (tertiary alicyclic amines) is 1. The Balaban J connectivity index is 1.65. The van der Waals surface area contributed by atoms with Crippen LogP contribution in [0.3, 0.4) is 0 Å². The number of hydrogen-bond acceptors (Lipinski definition) is 3. The van der Waals surface area contributed by atoms with Gasteiger partial charge in [0.25, 0.3) is 0 Å². The molecule has 1 heterocycles. The summed E-state index contributed by atoms with van der Waals surface area (Å²) in [5, 5.41) is 9.16. The van der Waals surface area contributed by atoms with E-state index in [1.165, 1.54) is 71.1 Å². The van der Waals surface area contributed by atoms with E-state index in [0.29, 0.717) is 6.61 Å². The van der Waals surface area contributed by atoms with E-state index in [0.717, 1.165) is 12.6 Å². The van der Waals surface area contributed by atoms with Gasteiger partial charge in [0.15, 0.2) is 0 Å². The second-order valence-corrected chi connectivity index (χ2v) is 5.60. The highest BCUT2D eigenvalue weighted by atomic mass is 16.3. The number of rotatable bonds is 7. The van der Waals surface area contributed by atoms with E-state index in [4.69, 9.17) is 5.11 Å². The van der Waals surface area contributed by atoms with Crippen LogP contribution in [0.4, 0.5) is 0 Å². The Labute approximate surface area is 106 Å². The quantitative estimate of drug-likeness (QED) is 0.734. The van der Waals surface area contributed by atoms with Gasteiger partial charge in [-0.1, -0.05) is 12.8 Å². The van der Waals surface area contributed by atoms with Crippen molar-refractivity contribution in [1.82, 2.24) is 9.80 Å². The lowest BCUT2D eigenvalue weighted by Gasteiger charge is -2.28. The van der Waals surface area contributed by atoms with Gasteiger partial charge in [0.05, 0.1) is 6.61 Å². The van der Waals surface area contributed by atoms with Crippen molar-refractivity contribution in [2.45, 2.75) is 51.0 Å². The monoisotopic (exact) mass is 240 g/mol. The molecule has 100 valence electrons. The van der Waals surface area contributed by atoms with E-state index >= 15 is 0 Å². The maximum absolute atomic E-state index is 9.16. The molecule has 1 saturated carbocycles. The zero-order chi connectivity index (χ0) is 11.9. The minimum absolute atomic E-state index is 0.320. The molecule has 0 aromatic rings. The Kier molecular flexibility index (Phi) is 5.75. The van der Waals surface area contributed by atoms with Crippen LogP contribution in [0.1, 0.15) is 44.9 Å². The van der Waals surface area contributed by atoms with Crippen LogP contribution in [-0.2, 0) is 0 Å². The van der Waals surface area contributed by atoms with Gasteiger partial charge in [0, 0.05) is 12.6 Å². The molecular formula is C14H28N2O. The van der Waals surface area contributed by atoms with Gasteiger partial charge in [-0.15, -0.1) is 0 Å². The van der Waals surface area contributed by atoms with E-state index < -0.39 is 0 Å². The second-order valence-electron chi connectivity index (χ2n) is 5.60. The molecule has 0 atom stereocenters. The third-order valence-corrected chi connectivity index (χ3v) is 4.35. The van der Waals surface area contributed by atoms with Gasteiger partial charge < -0.3 is 10.0 Å². The van der Waals surface area contributed by atoms with Gasteiger partial charge in [-0.3, -0.25) is 4.90 Å². The van der Waals surface area contributed by atoms with E-state index in [1.807, 2.05) is 0 Å². The molecule has 17 heavy (non-hydrogen) atoms. The number of nitrogens with zero attached hydrogens (tertiary/aromatic N) is 2. The lowest BCUT2D eigenvalue weighted by molar-refractivity contribution is 0.145. The molecule has 3 nitrogen and oxygen atoms in total. The molecule has 0 radical (unpaired) electrons. The van der Waals surface area contributed by atoms with Crippen LogP contribution in [0.5, 0.6) is 0 Å². The van der Waals surface area contributed by atoms with Crippen LogP contribution >= 0.6 is 0 Å². The van der Waals surface area contributed by atoms with E-state index in [-0.39, 0.29) is 0 Å². The van der Waals surface area contributed by atoms with Crippen LogP contribution in [0, 0.1) is 0 Å². The normalized spacial score (nSPS) is 22.9. The molecule has 1 aliphatic carbocycles. The number of hydrogen-bond donors (Lipinski definition) is 1. The van der Waals surface area contributed by atoms with Gasteiger partial charge in [-0.2, -0.15) is 0 Å². The van der Waals surface area contributed by atoms with Crippen molar-refractivity contribution in [3.05, 3.63) is 0 Å². The summed E-state index contributed by atoms with van der Waals surface area (Å²) in [6, 6.07) is 0.765. The highest BCUT2D eigenvalue weighted by Gasteiger charge is 2.22. The minimum atomic E-state index is 0.320. The molecule has 2 rings (SSSR count). The van der Waals surface area contributed by atoms with Crippen molar-refractivity contribution < 1.29 is 5.11 Å². The second kappa shape index (κ2) is 7.34. The highest BCUT2D eigenvalue weighted by molar-refractivity contribution is 4.78. The van der Waals surface area contributed by atoms with Crippen molar-refractivity contribution >= 4 is 0 Å². The van der Waals surface area contributed by atoms with Gasteiger partial charge in [-0.25, -0.2) is 0 Å². The molecule has 0 bridgehead atoms. The fourth-order valence-electron chi connectivity index (χ4n) is 3.38. The van der Waals surface area contributed by atoms with Crippen LogP contribution in [0.15, 0.2) is 0 Å². The summed E-state index contributed by atoms with van der Waals surface area (Å²) in [6.07, 6.45) is 9.54. The smallest absolute Gasteiger partial charge is 0.0558 e. The van der Waals surface area contributed by atoms with E-state index in [2.05, 4.69) is 9.80 Å². The number of aliphatic hydroxyl groups is 1. The van der Waals surface area contributed by atoms with Crippen molar-refractivity contribution in [3.8, 4) is 0 Å². The summed E-state index contributed by atoms with van der Waals surface area (Å²) >= 11 is 0. The first-order chi connectivity index (χ1) is 8.40. The molecule has 1 aliphatic heterocycles. The summed E-state index contributed by atoms with van der Waals surface area (Å²) in [5.74, 6) is 0. The maximum Gasteiger partial charge on any atom is 0.0558 e. The molecule has 0 aromatic heterocycles. The Bertz CT molecular complexity index is 198. The van der Waals surface area contributed by atoms with Crippen molar-refractivity contribution in [2.24, 2.45) is 0 Å². The minimum Gasteiger partial charge on any atom is -0.395 e.